The molecule has 0 atom stereocenters. The van der Waals surface area contributed by atoms with Gasteiger partial charge in [0.15, 0.2) is 0 Å². The number of rotatable bonds is 8. The van der Waals surface area contributed by atoms with Gasteiger partial charge in [-0.05, 0) is 19.8 Å². The fourth-order valence-electron chi connectivity index (χ4n) is 1.38. The first-order valence-electron chi connectivity index (χ1n) is 6.15. The summed E-state index contributed by atoms with van der Waals surface area (Å²) >= 11 is 0. The fraction of sp³-hybridized carbons (Fsp3) is 0.538. The second-order valence-corrected chi connectivity index (χ2v) is 3.67. The lowest BCUT2D eigenvalue weighted by atomic mass is 10.3. The smallest absolute Gasteiger partial charge is 0.218 e. The minimum Gasteiger partial charge on any atom is -0.478 e. The first-order chi connectivity index (χ1) is 8.30. The molecule has 0 radical (unpaired) electrons. The number of nitrogens with one attached hydrogen (secondary N) is 1. The summed E-state index contributed by atoms with van der Waals surface area (Å²) < 4.78 is 5.60. The van der Waals surface area contributed by atoms with Gasteiger partial charge in [0, 0.05) is 19.0 Å². The quantitative estimate of drug-likeness (QED) is 0.556. The van der Waals surface area contributed by atoms with Crippen molar-refractivity contribution >= 4 is 5.82 Å². The molecule has 94 valence electrons. The van der Waals surface area contributed by atoms with Crippen molar-refractivity contribution in [2.75, 3.05) is 18.5 Å². The molecule has 1 rings (SSSR count). The zero-order valence-electron chi connectivity index (χ0n) is 10.7. The third-order valence-corrected chi connectivity index (χ3v) is 2.23. The van der Waals surface area contributed by atoms with Crippen LogP contribution in [0.25, 0.3) is 0 Å². The van der Waals surface area contributed by atoms with E-state index in [0.717, 1.165) is 37.4 Å². The maximum atomic E-state index is 5.60. The molecule has 4 nitrogen and oxygen atoms in total. The minimum atomic E-state index is 0.650. The van der Waals surface area contributed by atoms with Crippen LogP contribution < -0.4 is 10.1 Å². The number of ether oxygens (including phenoxy) is 1. The summed E-state index contributed by atoms with van der Waals surface area (Å²) in [5, 5.41) is 3.18. The number of anilines is 1. The number of hydrogen-bond donors (Lipinski definition) is 1. The molecule has 0 unspecified atom stereocenters. The Hall–Kier alpha value is -1.58. The Morgan fingerprint density at radius 3 is 2.88 bits per heavy atom. The molecule has 0 spiro atoms. The van der Waals surface area contributed by atoms with Gasteiger partial charge in [-0.25, -0.2) is 4.98 Å². The molecule has 0 aromatic carbocycles. The van der Waals surface area contributed by atoms with E-state index in [-0.39, 0.29) is 0 Å². The number of allylic oxidation sites excluding steroid dienone is 1. The Bertz CT molecular complexity index is 353. The molecule has 1 heterocycles. The number of aryl methyl sites for hydroxylation is 1. The van der Waals surface area contributed by atoms with Gasteiger partial charge in [0.2, 0.25) is 5.88 Å². The Labute approximate surface area is 103 Å². The molecule has 0 aliphatic carbocycles. The molecule has 0 amide bonds. The van der Waals surface area contributed by atoms with Crippen LogP contribution in [0.4, 0.5) is 5.82 Å². The molecule has 17 heavy (non-hydrogen) atoms. The second-order valence-electron chi connectivity index (χ2n) is 3.67. The predicted octanol–water partition coefficient (Wildman–Crippen LogP) is 2.82. The Morgan fingerprint density at radius 2 is 2.24 bits per heavy atom. The van der Waals surface area contributed by atoms with Gasteiger partial charge in [-0.2, -0.15) is 4.98 Å². The van der Waals surface area contributed by atoms with Gasteiger partial charge in [0.05, 0.1) is 6.61 Å². The van der Waals surface area contributed by atoms with Gasteiger partial charge in [0.1, 0.15) is 11.6 Å². The molecular formula is C13H21N3O. The minimum absolute atomic E-state index is 0.650. The topological polar surface area (TPSA) is 47.0 Å². The van der Waals surface area contributed by atoms with Gasteiger partial charge in [-0.1, -0.05) is 13.0 Å². The molecular weight excluding hydrogens is 214 g/mol. The van der Waals surface area contributed by atoms with E-state index in [4.69, 9.17) is 4.74 Å². The average Bonchev–Trinajstić information content (AvgIpc) is 2.35. The molecule has 1 N–H and O–H groups in total. The molecule has 0 aliphatic rings. The van der Waals surface area contributed by atoms with Gasteiger partial charge >= 0.3 is 0 Å². The molecule has 4 heteroatoms. The molecule has 0 saturated carbocycles. The molecule has 0 saturated heterocycles. The SMILES string of the molecule is C=CCCCOc1cc(NCC)nc(CC)n1. The lowest BCUT2D eigenvalue weighted by Crippen LogP contribution is -2.06. The first-order valence-corrected chi connectivity index (χ1v) is 6.15. The summed E-state index contributed by atoms with van der Waals surface area (Å²) in [5.74, 6) is 2.29. The Morgan fingerprint density at radius 1 is 1.41 bits per heavy atom. The molecule has 0 fully saturated rings. The van der Waals surface area contributed by atoms with Crippen molar-refractivity contribution in [3.8, 4) is 5.88 Å². The number of hydrogen-bond acceptors (Lipinski definition) is 4. The summed E-state index contributed by atoms with van der Waals surface area (Å²) in [6.07, 6.45) is 4.63. The lowest BCUT2D eigenvalue weighted by Gasteiger charge is -2.09. The third kappa shape index (κ3) is 4.85. The van der Waals surface area contributed by atoms with Crippen LogP contribution in [-0.4, -0.2) is 23.1 Å². The van der Waals surface area contributed by atoms with Crippen LogP contribution in [0.5, 0.6) is 5.88 Å². The van der Waals surface area contributed by atoms with Crippen molar-refractivity contribution in [3.63, 3.8) is 0 Å². The number of aromatic nitrogens is 2. The summed E-state index contributed by atoms with van der Waals surface area (Å²) in [7, 11) is 0. The Kier molecular flexibility index (Phi) is 6.07. The highest BCUT2D eigenvalue weighted by molar-refractivity contribution is 5.38. The van der Waals surface area contributed by atoms with Crippen LogP contribution in [0.3, 0.4) is 0 Å². The van der Waals surface area contributed by atoms with E-state index in [1.165, 1.54) is 0 Å². The summed E-state index contributed by atoms with van der Waals surface area (Å²) in [6, 6.07) is 1.84. The highest BCUT2D eigenvalue weighted by Gasteiger charge is 2.03. The van der Waals surface area contributed by atoms with Crippen LogP contribution in [0, 0.1) is 0 Å². The maximum Gasteiger partial charge on any atom is 0.218 e. The highest BCUT2D eigenvalue weighted by Crippen LogP contribution is 2.14. The number of nitrogens with zero attached hydrogens (tertiary/aromatic N) is 2. The van der Waals surface area contributed by atoms with Crippen LogP contribution in [0.1, 0.15) is 32.5 Å². The number of unbranched alkanes of at least 4 members (excludes halogenated alkanes) is 1. The lowest BCUT2D eigenvalue weighted by molar-refractivity contribution is 0.299. The molecule has 1 aromatic heterocycles. The van der Waals surface area contributed by atoms with Gasteiger partial charge in [0.25, 0.3) is 0 Å². The highest BCUT2D eigenvalue weighted by atomic mass is 16.5. The van der Waals surface area contributed by atoms with Crippen molar-refractivity contribution in [2.45, 2.75) is 33.1 Å². The van der Waals surface area contributed by atoms with Gasteiger partial charge in [-0.3, -0.25) is 0 Å². The first kappa shape index (κ1) is 13.5. The standard InChI is InChI=1S/C13H21N3O/c1-4-7-8-9-17-13-10-12(14-6-3)15-11(5-2)16-13/h4,10H,1,5-9H2,2-3H3,(H,14,15,16). The maximum absolute atomic E-state index is 5.60. The predicted molar refractivity (Wildman–Crippen MR) is 70.5 cm³/mol. The van der Waals surface area contributed by atoms with Crippen molar-refractivity contribution < 1.29 is 4.74 Å². The van der Waals surface area contributed by atoms with Crippen molar-refractivity contribution in [2.24, 2.45) is 0 Å². The van der Waals surface area contributed by atoms with Gasteiger partial charge < -0.3 is 10.1 Å². The summed E-state index contributed by atoms with van der Waals surface area (Å²) in [4.78, 5) is 8.70. The monoisotopic (exact) mass is 235 g/mol. The molecule has 1 aromatic rings. The van der Waals surface area contributed by atoms with E-state index in [0.29, 0.717) is 12.5 Å². The summed E-state index contributed by atoms with van der Waals surface area (Å²) in [6.45, 7) is 9.26. The van der Waals surface area contributed by atoms with Crippen molar-refractivity contribution in [1.29, 1.82) is 0 Å². The fourth-order valence-corrected chi connectivity index (χ4v) is 1.38. The second kappa shape index (κ2) is 7.65. The van der Waals surface area contributed by atoms with E-state index in [1.54, 1.807) is 0 Å². The van der Waals surface area contributed by atoms with E-state index in [2.05, 4.69) is 21.9 Å². The molecule has 0 aliphatic heterocycles. The van der Waals surface area contributed by atoms with E-state index < -0.39 is 0 Å². The third-order valence-electron chi connectivity index (χ3n) is 2.23. The Balaban J connectivity index is 2.62. The average molecular weight is 235 g/mol. The zero-order chi connectivity index (χ0) is 12.5. The van der Waals surface area contributed by atoms with Crippen molar-refractivity contribution in [1.82, 2.24) is 9.97 Å². The van der Waals surface area contributed by atoms with Crippen LogP contribution in [-0.2, 0) is 6.42 Å². The van der Waals surface area contributed by atoms with E-state index >= 15 is 0 Å². The molecule has 0 bridgehead atoms. The van der Waals surface area contributed by atoms with Crippen LogP contribution in [0.2, 0.25) is 0 Å². The van der Waals surface area contributed by atoms with Crippen LogP contribution >= 0.6 is 0 Å². The van der Waals surface area contributed by atoms with Crippen LogP contribution in [0.15, 0.2) is 18.7 Å². The van der Waals surface area contributed by atoms with Crippen molar-refractivity contribution in [3.05, 3.63) is 24.5 Å². The zero-order valence-corrected chi connectivity index (χ0v) is 10.7. The largest absolute Gasteiger partial charge is 0.478 e. The van der Waals surface area contributed by atoms with E-state index in [1.807, 2.05) is 26.0 Å². The van der Waals surface area contributed by atoms with Gasteiger partial charge in [-0.15, -0.1) is 6.58 Å². The normalized spacial score (nSPS) is 10.0. The van der Waals surface area contributed by atoms with E-state index in [9.17, 15) is 0 Å². The summed E-state index contributed by atoms with van der Waals surface area (Å²) in [5.41, 5.74) is 0.